The van der Waals surface area contributed by atoms with Crippen molar-refractivity contribution in [2.75, 3.05) is 19.0 Å². The SMILES string of the molecule is CNCc1cnccc1N(C)C(C)c1ccccc1Cl. The molecular formula is C16H20ClN3. The lowest BCUT2D eigenvalue weighted by Crippen LogP contribution is -2.24. The highest BCUT2D eigenvalue weighted by Crippen LogP contribution is 2.31. The summed E-state index contributed by atoms with van der Waals surface area (Å²) >= 11 is 6.30. The molecule has 1 unspecified atom stereocenters. The Bertz CT molecular complexity index is 571. The normalized spacial score (nSPS) is 12.2. The van der Waals surface area contributed by atoms with Crippen molar-refractivity contribution in [3.05, 3.63) is 58.9 Å². The zero-order valence-corrected chi connectivity index (χ0v) is 12.9. The quantitative estimate of drug-likeness (QED) is 0.911. The maximum atomic E-state index is 6.30. The summed E-state index contributed by atoms with van der Waals surface area (Å²) in [4.78, 5) is 6.43. The van der Waals surface area contributed by atoms with Crippen molar-refractivity contribution in [2.45, 2.75) is 19.5 Å². The third kappa shape index (κ3) is 3.11. The van der Waals surface area contributed by atoms with Gasteiger partial charge < -0.3 is 10.2 Å². The Morgan fingerprint density at radius 1 is 1.30 bits per heavy atom. The molecule has 1 heterocycles. The zero-order chi connectivity index (χ0) is 14.5. The highest BCUT2D eigenvalue weighted by Gasteiger charge is 2.17. The minimum absolute atomic E-state index is 0.196. The Balaban J connectivity index is 2.31. The van der Waals surface area contributed by atoms with Crippen molar-refractivity contribution >= 4 is 17.3 Å². The monoisotopic (exact) mass is 289 g/mol. The van der Waals surface area contributed by atoms with Gasteiger partial charge in [0.05, 0.1) is 6.04 Å². The van der Waals surface area contributed by atoms with Crippen LogP contribution in [0, 0.1) is 0 Å². The van der Waals surface area contributed by atoms with E-state index in [0.29, 0.717) is 0 Å². The summed E-state index contributed by atoms with van der Waals surface area (Å²) in [5, 5.41) is 3.98. The number of halogens is 1. The molecule has 1 atom stereocenters. The first-order chi connectivity index (χ1) is 9.65. The lowest BCUT2D eigenvalue weighted by atomic mass is 10.1. The number of nitrogens with zero attached hydrogens (tertiary/aromatic N) is 2. The van der Waals surface area contributed by atoms with E-state index in [2.05, 4.69) is 35.2 Å². The second kappa shape index (κ2) is 6.73. The Morgan fingerprint density at radius 3 is 2.75 bits per heavy atom. The Kier molecular flexibility index (Phi) is 4.99. The van der Waals surface area contributed by atoms with Crippen LogP contribution < -0.4 is 10.2 Å². The molecule has 0 amide bonds. The van der Waals surface area contributed by atoms with Crippen molar-refractivity contribution in [3.8, 4) is 0 Å². The molecule has 0 aliphatic heterocycles. The summed E-state index contributed by atoms with van der Waals surface area (Å²) in [6, 6.07) is 10.2. The van der Waals surface area contributed by atoms with Gasteiger partial charge in [0.1, 0.15) is 0 Å². The van der Waals surface area contributed by atoms with Crippen LogP contribution in [0.15, 0.2) is 42.7 Å². The molecule has 2 rings (SSSR count). The maximum absolute atomic E-state index is 6.30. The molecule has 4 heteroatoms. The van der Waals surface area contributed by atoms with E-state index in [0.717, 1.165) is 17.1 Å². The highest BCUT2D eigenvalue weighted by atomic mass is 35.5. The van der Waals surface area contributed by atoms with Crippen molar-refractivity contribution in [2.24, 2.45) is 0 Å². The van der Waals surface area contributed by atoms with Gasteiger partial charge in [-0.25, -0.2) is 0 Å². The first-order valence-corrected chi connectivity index (χ1v) is 7.07. The molecule has 2 aromatic rings. The van der Waals surface area contributed by atoms with Crippen LogP contribution in [-0.2, 0) is 6.54 Å². The molecule has 0 saturated heterocycles. The van der Waals surface area contributed by atoms with E-state index in [9.17, 15) is 0 Å². The zero-order valence-electron chi connectivity index (χ0n) is 12.1. The second-order valence-corrected chi connectivity index (χ2v) is 5.25. The average molecular weight is 290 g/mol. The van der Waals surface area contributed by atoms with E-state index < -0.39 is 0 Å². The average Bonchev–Trinajstić information content (AvgIpc) is 2.47. The molecule has 0 aliphatic rings. The summed E-state index contributed by atoms with van der Waals surface area (Å²) < 4.78 is 0. The van der Waals surface area contributed by atoms with Crippen LogP contribution in [0.4, 0.5) is 5.69 Å². The number of nitrogens with one attached hydrogen (secondary N) is 1. The van der Waals surface area contributed by atoms with Gasteiger partial charge in [-0.1, -0.05) is 29.8 Å². The van der Waals surface area contributed by atoms with E-state index in [4.69, 9.17) is 11.6 Å². The number of benzene rings is 1. The second-order valence-electron chi connectivity index (χ2n) is 4.84. The van der Waals surface area contributed by atoms with Gasteiger partial charge in [0.25, 0.3) is 0 Å². The smallest absolute Gasteiger partial charge is 0.0525 e. The summed E-state index contributed by atoms with van der Waals surface area (Å²) in [5.74, 6) is 0. The van der Waals surface area contributed by atoms with Crippen LogP contribution in [0.2, 0.25) is 5.02 Å². The fraction of sp³-hybridized carbons (Fsp3) is 0.312. The van der Waals surface area contributed by atoms with Gasteiger partial charge in [0.2, 0.25) is 0 Å². The molecule has 106 valence electrons. The third-order valence-electron chi connectivity index (χ3n) is 3.56. The van der Waals surface area contributed by atoms with E-state index >= 15 is 0 Å². The van der Waals surface area contributed by atoms with Gasteiger partial charge in [0.15, 0.2) is 0 Å². The number of hydrogen-bond donors (Lipinski definition) is 1. The van der Waals surface area contributed by atoms with Crippen LogP contribution in [-0.4, -0.2) is 19.1 Å². The van der Waals surface area contributed by atoms with Gasteiger partial charge in [0, 0.05) is 42.3 Å². The van der Waals surface area contributed by atoms with Crippen molar-refractivity contribution < 1.29 is 0 Å². The third-order valence-corrected chi connectivity index (χ3v) is 3.91. The lowest BCUT2D eigenvalue weighted by molar-refractivity contribution is 0.725. The van der Waals surface area contributed by atoms with E-state index in [1.165, 1.54) is 11.3 Å². The number of anilines is 1. The van der Waals surface area contributed by atoms with Crippen molar-refractivity contribution in [3.63, 3.8) is 0 Å². The van der Waals surface area contributed by atoms with Gasteiger partial charge in [-0.05, 0) is 31.7 Å². The first-order valence-electron chi connectivity index (χ1n) is 6.70. The molecular weight excluding hydrogens is 270 g/mol. The van der Waals surface area contributed by atoms with Gasteiger partial charge in [-0.2, -0.15) is 0 Å². The summed E-state index contributed by atoms with van der Waals surface area (Å²) in [7, 11) is 4.02. The summed E-state index contributed by atoms with van der Waals surface area (Å²) in [5.41, 5.74) is 3.47. The van der Waals surface area contributed by atoms with Crippen LogP contribution in [0.1, 0.15) is 24.1 Å². The van der Waals surface area contributed by atoms with Crippen LogP contribution in [0.3, 0.4) is 0 Å². The van der Waals surface area contributed by atoms with E-state index in [1.54, 1.807) is 0 Å². The van der Waals surface area contributed by atoms with Gasteiger partial charge in [-0.15, -0.1) is 0 Å². The molecule has 1 N–H and O–H groups in total. The molecule has 1 aromatic heterocycles. The Hall–Kier alpha value is -1.58. The standard InChI is InChI=1S/C16H20ClN3/c1-12(14-6-4-5-7-15(14)17)20(3)16-8-9-19-11-13(16)10-18-2/h4-9,11-12,18H,10H2,1-3H3. The van der Waals surface area contributed by atoms with E-state index in [1.807, 2.05) is 43.7 Å². The van der Waals surface area contributed by atoms with Crippen LogP contribution >= 0.6 is 11.6 Å². The van der Waals surface area contributed by atoms with Crippen LogP contribution in [0.25, 0.3) is 0 Å². The molecule has 0 bridgehead atoms. The number of pyridine rings is 1. The van der Waals surface area contributed by atoms with E-state index in [-0.39, 0.29) is 6.04 Å². The van der Waals surface area contributed by atoms with Crippen LogP contribution in [0.5, 0.6) is 0 Å². The predicted molar refractivity (Wildman–Crippen MR) is 85.3 cm³/mol. The fourth-order valence-corrected chi connectivity index (χ4v) is 2.62. The minimum atomic E-state index is 0.196. The highest BCUT2D eigenvalue weighted by molar-refractivity contribution is 6.31. The maximum Gasteiger partial charge on any atom is 0.0525 e. The largest absolute Gasteiger partial charge is 0.367 e. The molecule has 0 fully saturated rings. The summed E-state index contributed by atoms with van der Waals surface area (Å²) in [6.07, 6.45) is 3.73. The van der Waals surface area contributed by atoms with Crippen molar-refractivity contribution in [1.82, 2.24) is 10.3 Å². The molecule has 1 aromatic carbocycles. The molecule has 0 radical (unpaired) electrons. The molecule has 0 spiro atoms. The molecule has 3 nitrogen and oxygen atoms in total. The minimum Gasteiger partial charge on any atom is -0.367 e. The molecule has 0 saturated carbocycles. The summed E-state index contributed by atoms with van der Waals surface area (Å²) in [6.45, 7) is 2.95. The van der Waals surface area contributed by atoms with Gasteiger partial charge in [-0.3, -0.25) is 4.98 Å². The van der Waals surface area contributed by atoms with Crippen molar-refractivity contribution in [1.29, 1.82) is 0 Å². The topological polar surface area (TPSA) is 28.2 Å². The lowest BCUT2D eigenvalue weighted by Gasteiger charge is -2.29. The Labute approximate surface area is 125 Å². The Morgan fingerprint density at radius 2 is 2.05 bits per heavy atom. The molecule has 0 aliphatic carbocycles. The first kappa shape index (κ1) is 14.8. The number of hydrogen-bond acceptors (Lipinski definition) is 3. The van der Waals surface area contributed by atoms with Gasteiger partial charge >= 0.3 is 0 Å². The molecule has 20 heavy (non-hydrogen) atoms. The fourth-order valence-electron chi connectivity index (χ4n) is 2.32. The number of aromatic nitrogens is 1. The number of rotatable bonds is 5. The predicted octanol–water partition coefficient (Wildman–Crippen LogP) is 3.65.